The molecule has 0 fully saturated rings. The second kappa shape index (κ2) is 2.77. The molecule has 1 heterocycles. The normalized spacial score (nSPS) is 10.8. The summed E-state index contributed by atoms with van der Waals surface area (Å²) >= 11 is 5.97. The van der Waals surface area contributed by atoms with Crippen LogP contribution in [0.3, 0.4) is 0 Å². The molecule has 12 heavy (non-hydrogen) atoms. The van der Waals surface area contributed by atoms with Gasteiger partial charge in [-0.25, -0.2) is 0 Å². The molecule has 0 amide bonds. The van der Waals surface area contributed by atoms with Crippen molar-refractivity contribution in [1.82, 2.24) is 5.16 Å². The summed E-state index contributed by atoms with van der Waals surface area (Å²) in [7, 11) is 0. The summed E-state index contributed by atoms with van der Waals surface area (Å²) in [5.74, 6) is 0. The van der Waals surface area contributed by atoms with Crippen molar-refractivity contribution < 1.29 is 4.52 Å². The third kappa shape index (κ3) is 0.983. The fraction of sp³-hybridized carbons (Fsp3) is 0.125. The minimum absolute atomic E-state index is 0.412. The predicted molar refractivity (Wildman–Crippen MR) is 46.9 cm³/mol. The third-order valence-electron chi connectivity index (χ3n) is 1.76. The molecule has 0 saturated heterocycles. The van der Waals surface area contributed by atoms with Gasteiger partial charge in [0.15, 0.2) is 5.58 Å². The largest absolute Gasteiger partial charge is 0.355 e. The van der Waals surface area contributed by atoms with Gasteiger partial charge in [-0.15, -0.1) is 0 Å². The second-order valence-electron chi connectivity index (χ2n) is 2.49. The van der Waals surface area contributed by atoms with Crippen LogP contribution in [0.5, 0.6) is 0 Å². The summed E-state index contributed by atoms with van der Waals surface area (Å²) in [5.41, 5.74) is 6.95. The molecule has 1 aromatic heterocycles. The smallest absolute Gasteiger partial charge is 0.185 e. The molecule has 2 aromatic rings. The van der Waals surface area contributed by atoms with Crippen LogP contribution in [0.25, 0.3) is 11.0 Å². The quantitative estimate of drug-likeness (QED) is 0.734. The molecule has 0 saturated carbocycles. The second-order valence-corrected chi connectivity index (χ2v) is 2.86. The van der Waals surface area contributed by atoms with Crippen molar-refractivity contribution in [3.63, 3.8) is 0 Å². The van der Waals surface area contributed by atoms with E-state index < -0.39 is 0 Å². The fourth-order valence-electron chi connectivity index (χ4n) is 1.10. The van der Waals surface area contributed by atoms with Gasteiger partial charge in [0.2, 0.25) is 0 Å². The number of benzene rings is 1. The lowest BCUT2D eigenvalue weighted by molar-refractivity contribution is 0.456. The van der Waals surface area contributed by atoms with Crippen LogP contribution in [0.1, 0.15) is 5.56 Å². The van der Waals surface area contributed by atoms with Crippen molar-refractivity contribution >= 4 is 22.6 Å². The number of halogens is 1. The van der Waals surface area contributed by atoms with Gasteiger partial charge in [-0.05, 0) is 11.6 Å². The van der Waals surface area contributed by atoms with Crippen LogP contribution in [0.4, 0.5) is 0 Å². The van der Waals surface area contributed by atoms with Crippen molar-refractivity contribution in [2.24, 2.45) is 5.73 Å². The zero-order chi connectivity index (χ0) is 8.55. The van der Waals surface area contributed by atoms with Gasteiger partial charge in [0, 0.05) is 11.9 Å². The average molecular weight is 183 g/mol. The molecule has 0 aliphatic heterocycles. The molecule has 1 aromatic carbocycles. The van der Waals surface area contributed by atoms with Gasteiger partial charge in [-0.2, -0.15) is 0 Å². The summed E-state index contributed by atoms with van der Waals surface area (Å²) in [6.45, 7) is 0.412. The lowest BCUT2D eigenvalue weighted by Crippen LogP contribution is -1.96. The van der Waals surface area contributed by atoms with E-state index in [4.69, 9.17) is 21.9 Å². The summed E-state index contributed by atoms with van der Waals surface area (Å²) in [5, 5.41) is 5.10. The summed E-state index contributed by atoms with van der Waals surface area (Å²) in [6, 6.07) is 3.77. The van der Waals surface area contributed by atoms with Crippen molar-refractivity contribution in [2.75, 3.05) is 0 Å². The van der Waals surface area contributed by atoms with Crippen LogP contribution in [-0.4, -0.2) is 5.16 Å². The Kier molecular flexibility index (Phi) is 1.75. The van der Waals surface area contributed by atoms with E-state index in [2.05, 4.69) is 5.16 Å². The molecule has 0 atom stereocenters. The van der Waals surface area contributed by atoms with E-state index in [1.807, 2.05) is 12.1 Å². The van der Waals surface area contributed by atoms with E-state index >= 15 is 0 Å². The SMILES string of the molecule is NCc1ccc2cnoc2c1Cl. The Labute approximate surface area is 74.1 Å². The first-order valence-corrected chi connectivity index (χ1v) is 3.92. The van der Waals surface area contributed by atoms with Crippen LogP contribution < -0.4 is 5.73 Å². The first-order valence-electron chi connectivity index (χ1n) is 3.55. The van der Waals surface area contributed by atoms with E-state index in [0.29, 0.717) is 17.2 Å². The standard InChI is InChI=1S/C8H7ClN2O/c9-7-5(3-10)1-2-6-4-11-12-8(6)7/h1-2,4H,3,10H2. The van der Waals surface area contributed by atoms with Gasteiger partial charge in [-0.1, -0.05) is 22.8 Å². The number of aromatic nitrogens is 1. The molecule has 0 spiro atoms. The zero-order valence-electron chi connectivity index (χ0n) is 6.25. The average Bonchev–Trinajstić information content (AvgIpc) is 2.53. The van der Waals surface area contributed by atoms with Gasteiger partial charge in [0.05, 0.1) is 11.2 Å². The monoisotopic (exact) mass is 182 g/mol. The molecule has 0 radical (unpaired) electrons. The van der Waals surface area contributed by atoms with Crippen LogP contribution in [0.2, 0.25) is 5.02 Å². The molecule has 0 aliphatic rings. The fourth-order valence-corrected chi connectivity index (χ4v) is 1.38. The van der Waals surface area contributed by atoms with E-state index in [0.717, 1.165) is 10.9 Å². The molecular formula is C8H7ClN2O. The van der Waals surface area contributed by atoms with Crippen molar-refractivity contribution in [3.05, 3.63) is 28.9 Å². The molecule has 0 aliphatic carbocycles. The minimum atomic E-state index is 0.412. The van der Waals surface area contributed by atoms with E-state index in [9.17, 15) is 0 Å². The maximum atomic E-state index is 5.97. The van der Waals surface area contributed by atoms with E-state index in [1.54, 1.807) is 6.20 Å². The van der Waals surface area contributed by atoms with E-state index in [-0.39, 0.29) is 0 Å². The maximum absolute atomic E-state index is 5.97. The van der Waals surface area contributed by atoms with Gasteiger partial charge in [-0.3, -0.25) is 0 Å². The Bertz CT molecular complexity index is 410. The van der Waals surface area contributed by atoms with Gasteiger partial charge >= 0.3 is 0 Å². The molecule has 2 rings (SSSR count). The highest BCUT2D eigenvalue weighted by Crippen LogP contribution is 2.26. The Morgan fingerprint density at radius 1 is 1.50 bits per heavy atom. The van der Waals surface area contributed by atoms with Crippen LogP contribution in [-0.2, 0) is 6.54 Å². The highest BCUT2D eigenvalue weighted by atomic mass is 35.5. The molecule has 2 N–H and O–H groups in total. The van der Waals surface area contributed by atoms with Gasteiger partial charge in [0.1, 0.15) is 0 Å². The van der Waals surface area contributed by atoms with Crippen molar-refractivity contribution in [1.29, 1.82) is 0 Å². The number of rotatable bonds is 1. The molecule has 0 unspecified atom stereocenters. The van der Waals surface area contributed by atoms with Crippen molar-refractivity contribution in [2.45, 2.75) is 6.54 Å². The Hall–Kier alpha value is -1.06. The Balaban J connectivity index is 2.78. The summed E-state index contributed by atoms with van der Waals surface area (Å²) in [6.07, 6.45) is 1.63. The summed E-state index contributed by atoms with van der Waals surface area (Å²) < 4.78 is 4.95. The highest BCUT2D eigenvalue weighted by Gasteiger charge is 2.07. The lowest BCUT2D eigenvalue weighted by Gasteiger charge is -1.98. The van der Waals surface area contributed by atoms with E-state index in [1.165, 1.54) is 0 Å². The zero-order valence-corrected chi connectivity index (χ0v) is 7.01. The van der Waals surface area contributed by atoms with Crippen LogP contribution in [0.15, 0.2) is 22.9 Å². The van der Waals surface area contributed by atoms with Crippen LogP contribution in [0, 0.1) is 0 Å². The van der Waals surface area contributed by atoms with Crippen molar-refractivity contribution in [3.8, 4) is 0 Å². The number of hydrogen-bond donors (Lipinski definition) is 1. The molecular weight excluding hydrogens is 176 g/mol. The Morgan fingerprint density at radius 3 is 3.08 bits per heavy atom. The Morgan fingerprint density at radius 2 is 2.33 bits per heavy atom. The first kappa shape index (κ1) is 7.58. The van der Waals surface area contributed by atoms with Crippen LogP contribution >= 0.6 is 11.6 Å². The number of fused-ring (bicyclic) bond motifs is 1. The van der Waals surface area contributed by atoms with Gasteiger partial charge < -0.3 is 10.3 Å². The number of hydrogen-bond acceptors (Lipinski definition) is 3. The molecule has 0 bridgehead atoms. The van der Waals surface area contributed by atoms with Gasteiger partial charge in [0.25, 0.3) is 0 Å². The predicted octanol–water partition coefficient (Wildman–Crippen LogP) is 1.94. The molecule has 4 heteroatoms. The topological polar surface area (TPSA) is 52.0 Å². The molecule has 3 nitrogen and oxygen atoms in total. The first-order chi connectivity index (χ1) is 5.83. The minimum Gasteiger partial charge on any atom is -0.355 e. The molecule has 62 valence electrons. The number of nitrogens with zero attached hydrogens (tertiary/aromatic N) is 1. The maximum Gasteiger partial charge on any atom is 0.185 e. The number of nitrogens with two attached hydrogens (primary N) is 1. The lowest BCUT2D eigenvalue weighted by atomic mass is 10.2. The third-order valence-corrected chi connectivity index (χ3v) is 2.18. The summed E-state index contributed by atoms with van der Waals surface area (Å²) in [4.78, 5) is 0. The highest BCUT2D eigenvalue weighted by molar-refractivity contribution is 6.35.